The minimum Gasteiger partial charge on any atom is -0.391 e. The molecule has 1 aromatic carbocycles. The minimum atomic E-state index is -3.27. The van der Waals surface area contributed by atoms with Crippen LogP contribution < -0.4 is 5.73 Å². The maximum atomic E-state index is 12.2. The molecule has 21 heavy (non-hydrogen) atoms. The molecule has 0 fully saturated rings. The molecule has 3 atom stereocenters. The van der Waals surface area contributed by atoms with Gasteiger partial charge >= 0.3 is 0 Å². The molecule has 5 heteroatoms. The number of rotatable bonds is 7. The van der Waals surface area contributed by atoms with Crippen molar-refractivity contribution in [3.63, 3.8) is 0 Å². The Labute approximate surface area is 128 Å². The topological polar surface area (TPSA) is 80.4 Å². The third kappa shape index (κ3) is 4.53. The fourth-order valence-corrected chi connectivity index (χ4v) is 3.33. The van der Waals surface area contributed by atoms with Crippen molar-refractivity contribution in [2.45, 2.75) is 68.7 Å². The lowest BCUT2D eigenvalue weighted by Gasteiger charge is -2.21. The smallest absolute Gasteiger partial charge is 0.180 e. The summed E-state index contributed by atoms with van der Waals surface area (Å²) >= 11 is 0. The second-order valence-electron chi connectivity index (χ2n) is 5.94. The number of aliphatic hydroxyl groups is 1. The van der Waals surface area contributed by atoms with Crippen LogP contribution in [-0.4, -0.2) is 30.9 Å². The van der Waals surface area contributed by atoms with E-state index >= 15 is 0 Å². The first kappa shape index (κ1) is 18.1. The summed E-state index contributed by atoms with van der Waals surface area (Å²) in [6.07, 6.45) is 0.672. The highest BCUT2D eigenvalue weighted by molar-refractivity contribution is 7.92. The molecule has 120 valence electrons. The summed E-state index contributed by atoms with van der Waals surface area (Å²) in [6.45, 7) is 7.27. The van der Waals surface area contributed by atoms with Gasteiger partial charge in [0.15, 0.2) is 9.84 Å². The first-order chi connectivity index (χ1) is 9.70. The summed E-state index contributed by atoms with van der Waals surface area (Å²) in [4.78, 5) is 0.344. The molecule has 3 unspecified atom stereocenters. The Kier molecular flexibility index (Phi) is 6.38. The van der Waals surface area contributed by atoms with E-state index in [1.54, 1.807) is 32.0 Å². The van der Waals surface area contributed by atoms with Gasteiger partial charge < -0.3 is 10.8 Å². The molecule has 1 aromatic rings. The van der Waals surface area contributed by atoms with E-state index in [2.05, 4.69) is 0 Å². The van der Waals surface area contributed by atoms with Gasteiger partial charge in [-0.05, 0) is 50.3 Å². The second kappa shape index (κ2) is 7.38. The van der Waals surface area contributed by atoms with Gasteiger partial charge in [0.1, 0.15) is 0 Å². The maximum Gasteiger partial charge on any atom is 0.180 e. The molecule has 1 rings (SSSR count). The Morgan fingerprint density at radius 1 is 1.24 bits per heavy atom. The van der Waals surface area contributed by atoms with Gasteiger partial charge in [0.2, 0.25) is 0 Å². The van der Waals surface area contributed by atoms with Gasteiger partial charge in [-0.25, -0.2) is 8.42 Å². The Morgan fingerprint density at radius 2 is 1.86 bits per heavy atom. The number of benzene rings is 1. The number of hydrogen-bond donors (Lipinski definition) is 2. The lowest BCUT2D eigenvalue weighted by molar-refractivity contribution is 0.126. The Hall–Kier alpha value is -0.910. The summed E-state index contributed by atoms with van der Waals surface area (Å²) in [5.74, 6) is 0.0555. The standard InChI is InChI=1S/C16H27NO3S/c1-5-15(17)16(18)9-12(4)13-7-6-8-14(10-13)21(19,20)11(2)3/h6-8,10-12,15-16,18H,5,9,17H2,1-4H3. The first-order valence-corrected chi connectivity index (χ1v) is 9.02. The van der Waals surface area contributed by atoms with Crippen molar-refractivity contribution in [1.82, 2.24) is 0 Å². The van der Waals surface area contributed by atoms with Crippen LogP contribution in [0.2, 0.25) is 0 Å². The van der Waals surface area contributed by atoms with E-state index in [-0.39, 0.29) is 12.0 Å². The monoisotopic (exact) mass is 313 g/mol. The maximum absolute atomic E-state index is 12.2. The molecule has 0 aliphatic heterocycles. The van der Waals surface area contributed by atoms with Gasteiger partial charge in [-0.1, -0.05) is 26.0 Å². The molecule has 0 saturated heterocycles. The minimum absolute atomic E-state index is 0.0555. The number of hydrogen-bond acceptors (Lipinski definition) is 4. The van der Waals surface area contributed by atoms with Crippen molar-refractivity contribution in [3.8, 4) is 0 Å². The van der Waals surface area contributed by atoms with Crippen LogP contribution in [0.3, 0.4) is 0 Å². The van der Waals surface area contributed by atoms with Crippen LogP contribution >= 0.6 is 0 Å². The predicted molar refractivity (Wildman–Crippen MR) is 86.1 cm³/mol. The molecule has 3 N–H and O–H groups in total. The van der Waals surface area contributed by atoms with E-state index in [1.807, 2.05) is 19.9 Å². The van der Waals surface area contributed by atoms with Crippen molar-refractivity contribution in [3.05, 3.63) is 29.8 Å². The third-order valence-corrected chi connectivity index (χ3v) is 6.09. The zero-order valence-corrected chi connectivity index (χ0v) is 14.1. The van der Waals surface area contributed by atoms with E-state index in [9.17, 15) is 13.5 Å². The fraction of sp³-hybridized carbons (Fsp3) is 0.625. The number of nitrogens with two attached hydrogens (primary N) is 1. The van der Waals surface area contributed by atoms with Crippen LogP contribution in [0.15, 0.2) is 29.2 Å². The van der Waals surface area contributed by atoms with Crippen LogP contribution in [0.5, 0.6) is 0 Å². The van der Waals surface area contributed by atoms with E-state index in [0.717, 1.165) is 12.0 Å². The van der Waals surface area contributed by atoms with Crippen molar-refractivity contribution in [2.24, 2.45) is 5.73 Å². The van der Waals surface area contributed by atoms with E-state index in [4.69, 9.17) is 5.73 Å². The average molecular weight is 313 g/mol. The Morgan fingerprint density at radius 3 is 2.38 bits per heavy atom. The van der Waals surface area contributed by atoms with Gasteiger partial charge in [-0.15, -0.1) is 0 Å². The lowest BCUT2D eigenvalue weighted by atomic mass is 9.92. The predicted octanol–water partition coefficient (Wildman–Crippen LogP) is 2.46. The highest BCUT2D eigenvalue weighted by Gasteiger charge is 2.21. The van der Waals surface area contributed by atoms with Gasteiger partial charge in [-0.3, -0.25) is 0 Å². The van der Waals surface area contributed by atoms with Crippen LogP contribution in [-0.2, 0) is 9.84 Å². The fourth-order valence-electron chi connectivity index (χ4n) is 2.22. The van der Waals surface area contributed by atoms with Crippen molar-refractivity contribution in [1.29, 1.82) is 0 Å². The SMILES string of the molecule is CCC(N)C(O)CC(C)c1cccc(S(=O)(=O)C(C)C)c1. The van der Waals surface area contributed by atoms with Crippen LogP contribution in [0.1, 0.15) is 52.0 Å². The molecule has 0 radical (unpaired) electrons. The van der Waals surface area contributed by atoms with Crippen LogP contribution in [0.4, 0.5) is 0 Å². The van der Waals surface area contributed by atoms with Gasteiger partial charge in [0.25, 0.3) is 0 Å². The zero-order chi connectivity index (χ0) is 16.2. The molecule has 0 aliphatic rings. The van der Waals surface area contributed by atoms with Crippen LogP contribution in [0.25, 0.3) is 0 Å². The van der Waals surface area contributed by atoms with Gasteiger partial charge in [0, 0.05) is 6.04 Å². The molecule has 0 aromatic heterocycles. The van der Waals surface area contributed by atoms with Crippen LogP contribution in [0, 0.1) is 0 Å². The first-order valence-electron chi connectivity index (χ1n) is 7.47. The molecule has 0 amide bonds. The third-order valence-electron chi connectivity index (χ3n) is 3.94. The average Bonchev–Trinajstić information content (AvgIpc) is 2.46. The zero-order valence-electron chi connectivity index (χ0n) is 13.3. The van der Waals surface area contributed by atoms with E-state index in [0.29, 0.717) is 11.3 Å². The Bertz CT molecular complexity index is 554. The Balaban J connectivity index is 2.95. The number of aliphatic hydroxyl groups excluding tert-OH is 1. The molecule has 4 nitrogen and oxygen atoms in total. The van der Waals surface area contributed by atoms with Crippen molar-refractivity contribution in [2.75, 3.05) is 0 Å². The number of sulfone groups is 1. The summed E-state index contributed by atoms with van der Waals surface area (Å²) in [5.41, 5.74) is 6.75. The molecule has 0 saturated carbocycles. The highest BCUT2D eigenvalue weighted by atomic mass is 32.2. The second-order valence-corrected chi connectivity index (χ2v) is 8.45. The highest BCUT2D eigenvalue weighted by Crippen LogP contribution is 2.25. The molecule has 0 heterocycles. The van der Waals surface area contributed by atoms with Gasteiger partial charge in [0.05, 0.1) is 16.2 Å². The normalized spacial score (nSPS) is 16.7. The summed E-state index contributed by atoms with van der Waals surface area (Å²) in [6, 6.07) is 6.75. The van der Waals surface area contributed by atoms with Crippen molar-refractivity contribution >= 4 is 9.84 Å². The van der Waals surface area contributed by atoms with E-state index in [1.165, 1.54) is 0 Å². The molecule has 0 spiro atoms. The quantitative estimate of drug-likeness (QED) is 0.810. The molecular formula is C16H27NO3S. The lowest BCUT2D eigenvalue weighted by Crippen LogP contribution is -2.34. The summed E-state index contributed by atoms with van der Waals surface area (Å²) in [5, 5.41) is 9.58. The molecule has 0 bridgehead atoms. The summed E-state index contributed by atoms with van der Waals surface area (Å²) < 4.78 is 24.4. The summed E-state index contributed by atoms with van der Waals surface area (Å²) in [7, 11) is -3.27. The molecular weight excluding hydrogens is 286 g/mol. The largest absolute Gasteiger partial charge is 0.391 e. The van der Waals surface area contributed by atoms with Crippen molar-refractivity contribution < 1.29 is 13.5 Å². The van der Waals surface area contributed by atoms with Gasteiger partial charge in [-0.2, -0.15) is 0 Å². The van der Waals surface area contributed by atoms with E-state index < -0.39 is 21.2 Å². The molecule has 0 aliphatic carbocycles.